The predicted octanol–water partition coefficient (Wildman–Crippen LogP) is 2.70. The van der Waals surface area contributed by atoms with Crippen LogP contribution in [0.3, 0.4) is 0 Å². The lowest BCUT2D eigenvalue weighted by molar-refractivity contribution is 0.0950. The van der Waals surface area contributed by atoms with Gasteiger partial charge in [-0.1, -0.05) is 6.42 Å². The lowest BCUT2D eigenvalue weighted by Crippen LogP contribution is -2.33. The number of benzene rings is 1. The number of piperidine rings is 1. The molecule has 1 N–H and O–H groups in total. The maximum atomic E-state index is 12.2. The van der Waals surface area contributed by atoms with Crippen LogP contribution >= 0.6 is 0 Å². The molecule has 1 fully saturated rings. The van der Waals surface area contributed by atoms with Crippen LogP contribution in [0.25, 0.3) is 0 Å². The van der Waals surface area contributed by atoms with Crippen molar-refractivity contribution in [2.75, 3.05) is 39.9 Å². The van der Waals surface area contributed by atoms with E-state index in [1.807, 2.05) is 6.92 Å². The fraction of sp³-hybridized carbons (Fsp3) is 0.611. The quantitative estimate of drug-likeness (QED) is 0.748. The van der Waals surface area contributed by atoms with E-state index in [0.717, 1.165) is 13.0 Å². The van der Waals surface area contributed by atoms with E-state index in [4.69, 9.17) is 9.47 Å². The molecule has 0 aromatic heterocycles. The molecule has 1 aromatic carbocycles. The van der Waals surface area contributed by atoms with Gasteiger partial charge in [-0.2, -0.15) is 0 Å². The molecule has 0 bridgehead atoms. The van der Waals surface area contributed by atoms with Crippen LogP contribution < -0.4 is 14.8 Å². The van der Waals surface area contributed by atoms with Crippen molar-refractivity contribution in [1.82, 2.24) is 10.2 Å². The van der Waals surface area contributed by atoms with Gasteiger partial charge in [-0.3, -0.25) is 4.79 Å². The summed E-state index contributed by atoms with van der Waals surface area (Å²) in [5, 5.41) is 2.98. The first-order chi connectivity index (χ1) is 11.2. The van der Waals surface area contributed by atoms with Crippen LogP contribution in [0.4, 0.5) is 0 Å². The lowest BCUT2D eigenvalue weighted by Gasteiger charge is -2.26. The van der Waals surface area contributed by atoms with Crippen molar-refractivity contribution in [3.05, 3.63) is 23.8 Å². The van der Waals surface area contributed by atoms with Crippen LogP contribution in [-0.2, 0) is 0 Å². The third kappa shape index (κ3) is 5.43. The summed E-state index contributed by atoms with van der Waals surface area (Å²) in [6.07, 6.45) is 4.95. The van der Waals surface area contributed by atoms with E-state index in [1.165, 1.54) is 32.4 Å². The van der Waals surface area contributed by atoms with Gasteiger partial charge in [-0.05, 0) is 64.0 Å². The zero-order valence-electron chi connectivity index (χ0n) is 14.3. The molecule has 0 radical (unpaired) electrons. The molecule has 1 aliphatic heterocycles. The molecule has 128 valence electrons. The van der Waals surface area contributed by atoms with Gasteiger partial charge in [-0.15, -0.1) is 0 Å². The summed E-state index contributed by atoms with van der Waals surface area (Å²) < 4.78 is 10.7. The van der Waals surface area contributed by atoms with E-state index in [2.05, 4.69) is 10.2 Å². The fourth-order valence-electron chi connectivity index (χ4n) is 2.88. The number of amides is 1. The minimum atomic E-state index is -0.0627. The Kier molecular flexibility index (Phi) is 7.20. The molecule has 23 heavy (non-hydrogen) atoms. The van der Waals surface area contributed by atoms with Crippen molar-refractivity contribution in [1.29, 1.82) is 0 Å². The molecule has 1 aromatic rings. The predicted molar refractivity (Wildman–Crippen MR) is 91.4 cm³/mol. The normalized spacial score (nSPS) is 15.2. The third-order valence-electron chi connectivity index (χ3n) is 4.11. The number of hydrogen-bond acceptors (Lipinski definition) is 4. The molecule has 0 atom stereocenters. The first kappa shape index (κ1) is 17.6. The number of nitrogens with zero attached hydrogens (tertiary/aromatic N) is 1. The molecule has 2 rings (SSSR count). The summed E-state index contributed by atoms with van der Waals surface area (Å²) in [5.74, 6) is 1.19. The Labute approximate surface area is 139 Å². The number of hydrogen-bond donors (Lipinski definition) is 1. The summed E-state index contributed by atoms with van der Waals surface area (Å²) in [4.78, 5) is 14.7. The van der Waals surface area contributed by atoms with Gasteiger partial charge in [-0.25, -0.2) is 0 Å². The van der Waals surface area contributed by atoms with Crippen molar-refractivity contribution in [3.63, 3.8) is 0 Å². The average Bonchev–Trinajstić information content (AvgIpc) is 2.59. The summed E-state index contributed by atoms with van der Waals surface area (Å²) in [6.45, 7) is 6.61. The molecule has 1 amide bonds. The SMILES string of the molecule is CCOc1cc(C(=O)NCCCN2CCCCC2)ccc1OC. The highest BCUT2D eigenvalue weighted by molar-refractivity contribution is 5.94. The van der Waals surface area contributed by atoms with Crippen molar-refractivity contribution in [3.8, 4) is 11.5 Å². The molecule has 1 saturated heterocycles. The van der Waals surface area contributed by atoms with Crippen molar-refractivity contribution < 1.29 is 14.3 Å². The van der Waals surface area contributed by atoms with Crippen LogP contribution in [0.5, 0.6) is 11.5 Å². The first-order valence-electron chi connectivity index (χ1n) is 8.56. The van der Waals surface area contributed by atoms with Crippen LogP contribution in [0.1, 0.15) is 43.0 Å². The minimum Gasteiger partial charge on any atom is -0.493 e. The number of nitrogens with one attached hydrogen (secondary N) is 1. The van der Waals surface area contributed by atoms with Crippen LogP contribution in [0, 0.1) is 0 Å². The number of carbonyl (C=O) groups is 1. The topological polar surface area (TPSA) is 50.8 Å². The number of methoxy groups -OCH3 is 1. The van der Waals surface area contributed by atoms with Gasteiger partial charge in [0.15, 0.2) is 11.5 Å². The molecule has 0 aliphatic carbocycles. The maximum absolute atomic E-state index is 12.2. The minimum absolute atomic E-state index is 0.0627. The summed E-state index contributed by atoms with van der Waals surface area (Å²) >= 11 is 0. The molecule has 0 spiro atoms. The Hall–Kier alpha value is -1.75. The fourth-order valence-corrected chi connectivity index (χ4v) is 2.88. The molecule has 5 heteroatoms. The maximum Gasteiger partial charge on any atom is 0.251 e. The highest BCUT2D eigenvalue weighted by Gasteiger charge is 2.12. The van der Waals surface area contributed by atoms with Gasteiger partial charge in [0.05, 0.1) is 13.7 Å². The second-order valence-corrected chi connectivity index (χ2v) is 5.81. The summed E-state index contributed by atoms with van der Waals surface area (Å²) in [6, 6.07) is 5.28. The molecular formula is C18H28N2O3. The van der Waals surface area contributed by atoms with Gasteiger partial charge >= 0.3 is 0 Å². The van der Waals surface area contributed by atoms with E-state index in [9.17, 15) is 4.79 Å². The lowest BCUT2D eigenvalue weighted by atomic mass is 10.1. The van der Waals surface area contributed by atoms with Gasteiger partial charge in [0.1, 0.15) is 0 Å². The number of ether oxygens (including phenoxy) is 2. The Bertz CT molecular complexity index is 499. The molecule has 0 saturated carbocycles. The summed E-state index contributed by atoms with van der Waals surface area (Å²) in [7, 11) is 1.60. The molecule has 0 unspecified atom stereocenters. The van der Waals surface area contributed by atoms with Crippen LogP contribution in [-0.4, -0.2) is 50.7 Å². The van der Waals surface area contributed by atoms with Gasteiger partial charge < -0.3 is 19.7 Å². The van der Waals surface area contributed by atoms with Gasteiger partial charge in [0.25, 0.3) is 5.91 Å². The Balaban J connectivity index is 1.79. The van der Waals surface area contributed by atoms with Gasteiger partial charge in [0.2, 0.25) is 0 Å². The highest BCUT2D eigenvalue weighted by atomic mass is 16.5. The van der Waals surface area contributed by atoms with E-state index in [-0.39, 0.29) is 5.91 Å². The van der Waals surface area contributed by atoms with Crippen molar-refractivity contribution >= 4 is 5.91 Å². The van der Waals surface area contributed by atoms with Crippen molar-refractivity contribution in [2.45, 2.75) is 32.6 Å². The number of likely N-dealkylation sites (tertiary alicyclic amines) is 1. The first-order valence-corrected chi connectivity index (χ1v) is 8.56. The zero-order valence-corrected chi connectivity index (χ0v) is 14.3. The standard InChI is InChI=1S/C18H28N2O3/c1-3-23-17-14-15(8-9-16(17)22-2)18(21)19-10-7-13-20-11-5-4-6-12-20/h8-9,14H,3-7,10-13H2,1-2H3,(H,19,21). The van der Waals surface area contributed by atoms with Crippen LogP contribution in [0.15, 0.2) is 18.2 Å². The zero-order chi connectivity index (χ0) is 16.5. The van der Waals surface area contributed by atoms with E-state index in [1.54, 1.807) is 25.3 Å². The highest BCUT2D eigenvalue weighted by Crippen LogP contribution is 2.27. The van der Waals surface area contributed by atoms with E-state index in [0.29, 0.717) is 30.2 Å². The molecule has 1 aliphatic rings. The Morgan fingerprint density at radius 1 is 1.22 bits per heavy atom. The van der Waals surface area contributed by atoms with Crippen LogP contribution in [0.2, 0.25) is 0 Å². The van der Waals surface area contributed by atoms with Gasteiger partial charge in [0, 0.05) is 12.1 Å². The number of carbonyl (C=O) groups excluding carboxylic acids is 1. The average molecular weight is 320 g/mol. The third-order valence-corrected chi connectivity index (χ3v) is 4.11. The smallest absolute Gasteiger partial charge is 0.251 e. The van der Waals surface area contributed by atoms with E-state index < -0.39 is 0 Å². The van der Waals surface area contributed by atoms with E-state index >= 15 is 0 Å². The second-order valence-electron chi connectivity index (χ2n) is 5.81. The summed E-state index contributed by atoms with van der Waals surface area (Å²) in [5.41, 5.74) is 0.604. The second kappa shape index (κ2) is 9.40. The monoisotopic (exact) mass is 320 g/mol. The molecule has 1 heterocycles. The number of rotatable bonds is 8. The molecular weight excluding hydrogens is 292 g/mol. The largest absolute Gasteiger partial charge is 0.493 e. The van der Waals surface area contributed by atoms with Crippen molar-refractivity contribution in [2.24, 2.45) is 0 Å². The Morgan fingerprint density at radius 3 is 2.70 bits per heavy atom. The molecule has 5 nitrogen and oxygen atoms in total. The Morgan fingerprint density at radius 2 is 2.00 bits per heavy atom.